The van der Waals surface area contributed by atoms with E-state index in [2.05, 4.69) is 9.47 Å². The summed E-state index contributed by atoms with van der Waals surface area (Å²) in [5.74, 6) is -1.72. The van der Waals surface area contributed by atoms with Gasteiger partial charge in [-0.05, 0) is 6.42 Å². The molecule has 6 nitrogen and oxygen atoms in total. The highest BCUT2D eigenvalue weighted by molar-refractivity contribution is 5.84. The van der Waals surface area contributed by atoms with E-state index in [-0.39, 0.29) is 24.9 Å². The third kappa shape index (κ3) is 2.95. The summed E-state index contributed by atoms with van der Waals surface area (Å²) in [6.45, 7) is 0. The van der Waals surface area contributed by atoms with Gasteiger partial charge in [-0.2, -0.15) is 0 Å². The molecular weight excluding hydrogens is 216 g/mol. The van der Waals surface area contributed by atoms with Gasteiger partial charge in [0.1, 0.15) is 12.0 Å². The second-order valence-electron chi connectivity index (χ2n) is 3.48. The monoisotopic (exact) mass is 230 g/mol. The molecule has 0 aromatic heterocycles. The van der Waals surface area contributed by atoms with Crippen LogP contribution in [0, 0.1) is 5.92 Å². The lowest BCUT2D eigenvalue weighted by molar-refractivity contribution is -0.189. The number of rotatable bonds is 5. The highest BCUT2D eigenvalue weighted by Gasteiger charge is 2.43. The first-order valence-electron chi connectivity index (χ1n) is 4.92. The number of carbonyl (C=O) groups is 3. The van der Waals surface area contributed by atoms with Gasteiger partial charge in [-0.1, -0.05) is 0 Å². The first-order valence-corrected chi connectivity index (χ1v) is 4.92. The van der Waals surface area contributed by atoms with E-state index in [0.29, 0.717) is 6.42 Å². The topological polar surface area (TPSA) is 78.9 Å². The Balaban J connectivity index is 2.35. The summed E-state index contributed by atoms with van der Waals surface area (Å²) in [5, 5.41) is 0. The van der Waals surface area contributed by atoms with Crippen LogP contribution >= 0.6 is 0 Å². The normalized spacial score (nSPS) is 23.0. The first-order chi connectivity index (χ1) is 7.58. The van der Waals surface area contributed by atoms with Gasteiger partial charge in [0.15, 0.2) is 0 Å². The first kappa shape index (κ1) is 12.5. The van der Waals surface area contributed by atoms with Crippen molar-refractivity contribution < 1.29 is 28.6 Å². The molecule has 0 aromatic carbocycles. The number of carbonyl (C=O) groups excluding carboxylic acids is 3. The van der Waals surface area contributed by atoms with Crippen LogP contribution in [-0.4, -0.2) is 38.2 Å². The van der Waals surface area contributed by atoms with E-state index in [4.69, 9.17) is 4.74 Å². The average molecular weight is 230 g/mol. The number of hydrogen-bond donors (Lipinski definition) is 0. The van der Waals surface area contributed by atoms with Gasteiger partial charge in [0.2, 0.25) is 0 Å². The van der Waals surface area contributed by atoms with Gasteiger partial charge in [-0.15, -0.1) is 0 Å². The van der Waals surface area contributed by atoms with Crippen molar-refractivity contribution in [1.82, 2.24) is 0 Å². The molecule has 0 amide bonds. The largest absolute Gasteiger partial charge is 0.469 e. The van der Waals surface area contributed by atoms with E-state index in [1.807, 2.05) is 0 Å². The zero-order chi connectivity index (χ0) is 12.1. The lowest BCUT2D eigenvalue weighted by atomic mass is 9.90. The fourth-order valence-electron chi connectivity index (χ4n) is 1.50. The fourth-order valence-corrected chi connectivity index (χ4v) is 1.50. The van der Waals surface area contributed by atoms with Crippen molar-refractivity contribution in [2.75, 3.05) is 14.2 Å². The molecule has 0 N–H and O–H groups in total. The molecule has 0 bridgehead atoms. The van der Waals surface area contributed by atoms with Crippen LogP contribution in [0.25, 0.3) is 0 Å². The molecule has 1 fully saturated rings. The van der Waals surface area contributed by atoms with Crippen molar-refractivity contribution in [3.05, 3.63) is 0 Å². The molecule has 0 aliphatic carbocycles. The Labute approximate surface area is 92.8 Å². The van der Waals surface area contributed by atoms with Crippen molar-refractivity contribution in [1.29, 1.82) is 0 Å². The summed E-state index contributed by atoms with van der Waals surface area (Å²) in [4.78, 5) is 32.9. The molecule has 2 atom stereocenters. The van der Waals surface area contributed by atoms with Crippen molar-refractivity contribution in [2.45, 2.75) is 25.4 Å². The van der Waals surface area contributed by atoms with Crippen LogP contribution in [0.15, 0.2) is 0 Å². The summed E-state index contributed by atoms with van der Waals surface area (Å²) >= 11 is 0. The number of hydrogen-bond acceptors (Lipinski definition) is 6. The molecule has 90 valence electrons. The van der Waals surface area contributed by atoms with Crippen molar-refractivity contribution in [3.8, 4) is 0 Å². The number of esters is 3. The minimum Gasteiger partial charge on any atom is -0.469 e. The van der Waals surface area contributed by atoms with Crippen LogP contribution in [0.3, 0.4) is 0 Å². The van der Waals surface area contributed by atoms with Crippen LogP contribution in [0.1, 0.15) is 19.3 Å². The van der Waals surface area contributed by atoms with Crippen LogP contribution in [0.2, 0.25) is 0 Å². The maximum atomic E-state index is 11.1. The summed E-state index contributed by atoms with van der Waals surface area (Å²) in [6.07, 6.45) is 0.165. The molecule has 1 aliphatic heterocycles. The quantitative estimate of drug-likeness (QED) is 0.490. The molecule has 0 radical (unpaired) electrons. The van der Waals surface area contributed by atoms with Gasteiger partial charge in [-0.25, -0.2) is 0 Å². The highest BCUT2D eigenvalue weighted by atomic mass is 16.6. The van der Waals surface area contributed by atoms with Crippen LogP contribution < -0.4 is 0 Å². The van der Waals surface area contributed by atoms with E-state index in [9.17, 15) is 14.4 Å². The highest BCUT2D eigenvalue weighted by Crippen LogP contribution is 2.29. The Morgan fingerprint density at radius 2 is 1.88 bits per heavy atom. The van der Waals surface area contributed by atoms with Gasteiger partial charge in [0.05, 0.1) is 20.6 Å². The number of cyclic esters (lactones) is 1. The van der Waals surface area contributed by atoms with Crippen LogP contribution in [0.4, 0.5) is 0 Å². The number of methoxy groups -OCH3 is 2. The van der Waals surface area contributed by atoms with Crippen molar-refractivity contribution in [2.24, 2.45) is 5.92 Å². The zero-order valence-electron chi connectivity index (χ0n) is 9.23. The summed E-state index contributed by atoms with van der Waals surface area (Å²) < 4.78 is 13.8. The molecule has 0 saturated carbocycles. The second-order valence-corrected chi connectivity index (χ2v) is 3.48. The molecule has 1 unspecified atom stereocenters. The minimum absolute atomic E-state index is 0.00116. The van der Waals surface area contributed by atoms with E-state index in [0.717, 1.165) is 0 Å². The van der Waals surface area contributed by atoms with E-state index in [1.165, 1.54) is 14.2 Å². The van der Waals surface area contributed by atoms with E-state index < -0.39 is 17.9 Å². The molecule has 1 aliphatic rings. The van der Waals surface area contributed by atoms with E-state index >= 15 is 0 Å². The standard InChI is InChI=1S/C10H14O6/c1-14-8(11)4-3-7-6(10(13)16-7)5-9(12)15-2/h6-7H,3-5H2,1-2H3/t6-,7?/m0/s1. The smallest absolute Gasteiger partial charge is 0.313 e. The van der Waals surface area contributed by atoms with Gasteiger partial charge >= 0.3 is 17.9 Å². The lowest BCUT2D eigenvalue weighted by Gasteiger charge is -2.34. The molecule has 16 heavy (non-hydrogen) atoms. The molecule has 6 heteroatoms. The average Bonchev–Trinajstić information content (AvgIpc) is 2.30. The third-order valence-corrected chi connectivity index (χ3v) is 2.49. The second kappa shape index (κ2) is 5.48. The molecule has 0 spiro atoms. The SMILES string of the molecule is COC(=O)CCC1OC(=O)[C@H]1CC(=O)OC. The lowest BCUT2D eigenvalue weighted by Crippen LogP contribution is -2.46. The predicted molar refractivity (Wildman–Crippen MR) is 51.3 cm³/mol. The van der Waals surface area contributed by atoms with Crippen molar-refractivity contribution in [3.63, 3.8) is 0 Å². The van der Waals surface area contributed by atoms with Gasteiger partial charge in [0.25, 0.3) is 0 Å². The summed E-state index contributed by atoms with van der Waals surface area (Å²) in [6, 6.07) is 0. The van der Waals surface area contributed by atoms with Gasteiger partial charge in [-0.3, -0.25) is 14.4 Å². The summed E-state index contributed by atoms with van der Waals surface area (Å²) in [7, 11) is 2.55. The van der Waals surface area contributed by atoms with Gasteiger partial charge in [0, 0.05) is 6.42 Å². The Kier molecular flexibility index (Phi) is 4.28. The zero-order valence-corrected chi connectivity index (χ0v) is 9.23. The van der Waals surface area contributed by atoms with Crippen LogP contribution in [0.5, 0.6) is 0 Å². The molecule has 1 heterocycles. The fraction of sp³-hybridized carbons (Fsp3) is 0.700. The Morgan fingerprint density at radius 1 is 1.25 bits per heavy atom. The molecule has 1 saturated heterocycles. The Bertz CT molecular complexity index is 298. The van der Waals surface area contributed by atoms with E-state index in [1.54, 1.807) is 0 Å². The summed E-state index contributed by atoms with van der Waals surface area (Å²) in [5.41, 5.74) is 0. The Hall–Kier alpha value is -1.59. The molecule has 1 rings (SSSR count). The Morgan fingerprint density at radius 3 is 2.38 bits per heavy atom. The maximum Gasteiger partial charge on any atom is 0.313 e. The van der Waals surface area contributed by atoms with Crippen molar-refractivity contribution >= 4 is 17.9 Å². The van der Waals surface area contributed by atoms with Crippen LogP contribution in [-0.2, 0) is 28.6 Å². The predicted octanol–water partition coefficient (Wildman–Crippen LogP) is 0.0443. The third-order valence-electron chi connectivity index (χ3n) is 2.49. The molecular formula is C10H14O6. The maximum absolute atomic E-state index is 11.1. The van der Waals surface area contributed by atoms with Gasteiger partial charge < -0.3 is 14.2 Å². The molecule has 0 aromatic rings. The minimum atomic E-state index is -0.489. The number of ether oxygens (including phenoxy) is 3.